The van der Waals surface area contributed by atoms with Crippen molar-refractivity contribution in [2.75, 3.05) is 40.9 Å². The van der Waals surface area contributed by atoms with Crippen molar-refractivity contribution in [2.24, 2.45) is 0 Å². The zero-order valence-corrected chi connectivity index (χ0v) is 37.1. The Kier molecular flexibility index (Phi) is 36.8. The number of allylic oxidation sites excluding steroid dienone is 3. The van der Waals surface area contributed by atoms with Gasteiger partial charge in [0.25, 0.3) is 0 Å². The SMILES string of the molecule is CCCCCCCCCCCCCCCCCCCCC/C=C/CC/C=C/C(O)C(COP(=O)(O)OCC[N+](C)(C)C)NC(=O)CCCCCCCCC. The van der Waals surface area contributed by atoms with E-state index in [1.165, 1.54) is 148 Å². The van der Waals surface area contributed by atoms with Crippen LogP contribution in [-0.2, 0) is 18.4 Å². The lowest BCUT2D eigenvalue weighted by atomic mass is 10.0. The molecule has 0 heterocycles. The summed E-state index contributed by atoms with van der Waals surface area (Å²) < 4.78 is 23.4. The van der Waals surface area contributed by atoms with E-state index in [9.17, 15) is 19.4 Å². The molecule has 0 aromatic heterocycles. The van der Waals surface area contributed by atoms with Crippen LogP contribution in [0.5, 0.6) is 0 Å². The molecular weight excluding hydrogens is 695 g/mol. The molecule has 0 fully saturated rings. The molecule has 0 rings (SSSR count). The predicted octanol–water partition coefficient (Wildman–Crippen LogP) is 12.5. The van der Waals surface area contributed by atoms with Crippen LogP contribution in [0, 0.1) is 0 Å². The number of aliphatic hydroxyl groups is 1. The van der Waals surface area contributed by atoms with Gasteiger partial charge in [-0.1, -0.05) is 192 Å². The number of amides is 1. The summed E-state index contributed by atoms with van der Waals surface area (Å²) in [6, 6.07) is -0.856. The quantitative estimate of drug-likeness (QED) is 0.0247. The summed E-state index contributed by atoms with van der Waals surface area (Å²) in [7, 11) is 1.56. The Morgan fingerprint density at radius 3 is 1.48 bits per heavy atom. The number of unbranched alkanes of at least 4 members (excludes halogenated alkanes) is 26. The van der Waals surface area contributed by atoms with E-state index in [0.717, 1.165) is 38.5 Å². The van der Waals surface area contributed by atoms with Gasteiger partial charge in [-0.25, -0.2) is 4.57 Å². The van der Waals surface area contributed by atoms with Crippen molar-refractivity contribution in [2.45, 2.75) is 219 Å². The number of phosphoric ester groups is 1. The largest absolute Gasteiger partial charge is 0.472 e. The Balaban J connectivity index is 4.20. The summed E-state index contributed by atoms with van der Waals surface area (Å²) in [5.74, 6) is -0.193. The van der Waals surface area contributed by atoms with Gasteiger partial charge in [0, 0.05) is 6.42 Å². The number of carbonyl (C=O) groups is 1. The number of rotatable bonds is 41. The third-order valence-corrected chi connectivity index (χ3v) is 11.2. The molecule has 0 bridgehead atoms. The second-order valence-electron chi connectivity index (χ2n) is 16.8. The van der Waals surface area contributed by atoms with Crippen LogP contribution in [0.1, 0.15) is 206 Å². The molecule has 1 amide bonds. The van der Waals surface area contributed by atoms with Gasteiger partial charge in [-0.3, -0.25) is 13.8 Å². The van der Waals surface area contributed by atoms with Crippen LogP contribution in [-0.4, -0.2) is 73.4 Å². The normalized spacial score (nSPS) is 14.6. The number of nitrogens with zero attached hydrogens (tertiary/aromatic N) is 1. The molecule has 3 atom stereocenters. The van der Waals surface area contributed by atoms with Crippen LogP contribution in [0.15, 0.2) is 24.3 Å². The van der Waals surface area contributed by atoms with Crippen molar-refractivity contribution in [1.29, 1.82) is 0 Å². The van der Waals surface area contributed by atoms with Crippen molar-refractivity contribution in [3.8, 4) is 0 Å². The Morgan fingerprint density at radius 2 is 1.02 bits per heavy atom. The van der Waals surface area contributed by atoms with Gasteiger partial charge in [-0.15, -0.1) is 0 Å². The van der Waals surface area contributed by atoms with Gasteiger partial charge in [0.2, 0.25) is 5.91 Å². The average molecular weight is 786 g/mol. The molecule has 0 aliphatic rings. The van der Waals surface area contributed by atoms with E-state index in [1.807, 2.05) is 27.2 Å². The number of likely N-dealkylation sites (N-methyl/N-ethyl adjacent to an activating group) is 1. The first-order valence-corrected chi connectivity index (χ1v) is 24.2. The van der Waals surface area contributed by atoms with E-state index < -0.39 is 20.0 Å². The molecule has 3 unspecified atom stereocenters. The molecule has 54 heavy (non-hydrogen) atoms. The summed E-state index contributed by atoms with van der Waals surface area (Å²) in [4.78, 5) is 22.9. The highest BCUT2D eigenvalue weighted by Crippen LogP contribution is 2.43. The highest BCUT2D eigenvalue weighted by Gasteiger charge is 2.27. The van der Waals surface area contributed by atoms with Gasteiger partial charge in [0.15, 0.2) is 0 Å². The monoisotopic (exact) mass is 786 g/mol. The van der Waals surface area contributed by atoms with E-state index in [-0.39, 0.29) is 19.1 Å². The molecule has 0 saturated carbocycles. The topological polar surface area (TPSA) is 105 Å². The fraction of sp³-hybridized carbons (Fsp3) is 0.889. The molecule has 320 valence electrons. The number of hydrogen-bond donors (Lipinski definition) is 3. The van der Waals surface area contributed by atoms with E-state index in [1.54, 1.807) is 6.08 Å². The van der Waals surface area contributed by atoms with Gasteiger partial charge in [-0.2, -0.15) is 0 Å². The van der Waals surface area contributed by atoms with E-state index in [2.05, 4.69) is 31.3 Å². The van der Waals surface area contributed by atoms with Gasteiger partial charge in [0.1, 0.15) is 13.2 Å². The van der Waals surface area contributed by atoms with Crippen molar-refractivity contribution in [3.63, 3.8) is 0 Å². The van der Waals surface area contributed by atoms with E-state index in [0.29, 0.717) is 17.4 Å². The lowest BCUT2D eigenvalue weighted by Crippen LogP contribution is -2.45. The molecule has 0 radical (unpaired) electrons. The highest BCUT2D eigenvalue weighted by molar-refractivity contribution is 7.47. The lowest BCUT2D eigenvalue weighted by Gasteiger charge is -2.25. The van der Waals surface area contributed by atoms with Gasteiger partial charge >= 0.3 is 7.82 Å². The molecular formula is C45H90N2O6P+. The fourth-order valence-corrected chi connectivity index (χ4v) is 7.26. The second kappa shape index (κ2) is 37.6. The van der Waals surface area contributed by atoms with Crippen LogP contribution < -0.4 is 5.32 Å². The number of quaternary nitrogens is 1. The van der Waals surface area contributed by atoms with Crippen molar-refractivity contribution < 1.29 is 32.9 Å². The predicted molar refractivity (Wildman–Crippen MR) is 231 cm³/mol. The van der Waals surface area contributed by atoms with Crippen LogP contribution in [0.2, 0.25) is 0 Å². The molecule has 0 aliphatic heterocycles. The van der Waals surface area contributed by atoms with Gasteiger partial charge < -0.3 is 19.8 Å². The Bertz CT molecular complexity index is 938. The van der Waals surface area contributed by atoms with Crippen molar-refractivity contribution in [1.82, 2.24) is 5.32 Å². The van der Waals surface area contributed by atoms with Gasteiger partial charge in [-0.05, 0) is 32.1 Å². The molecule has 0 aromatic carbocycles. The minimum absolute atomic E-state index is 0.0576. The standard InChI is InChI=1S/C45H89N2O6P/c1-6-8-10-12-14-15-16-17-18-19-20-21-22-23-24-25-26-27-28-29-30-31-33-34-36-38-44(48)43(42-53-54(50,51)52-41-40-47(3,4)5)46-45(49)39-37-35-32-13-11-9-7-2/h30-31,36,38,43-44,48H,6-29,32-35,37,39-42H2,1-5H3,(H-,46,49,50,51)/p+1/b31-30+,38-36+. The maximum Gasteiger partial charge on any atom is 0.472 e. The fourth-order valence-electron chi connectivity index (χ4n) is 6.53. The number of phosphoric acid groups is 1. The van der Waals surface area contributed by atoms with E-state index in [4.69, 9.17) is 9.05 Å². The van der Waals surface area contributed by atoms with Crippen molar-refractivity contribution in [3.05, 3.63) is 24.3 Å². The van der Waals surface area contributed by atoms with Crippen molar-refractivity contribution >= 4 is 13.7 Å². The molecule has 3 N–H and O–H groups in total. The molecule has 8 nitrogen and oxygen atoms in total. The summed E-state index contributed by atoms with van der Waals surface area (Å²) in [5, 5.41) is 13.7. The van der Waals surface area contributed by atoms with Crippen LogP contribution in [0.4, 0.5) is 0 Å². The minimum Gasteiger partial charge on any atom is -0.387 e. The third-order valence-electron chi connectivity index (χ3n) is 10.2. The molecule has 0 saturated heterocycles. The highest BCUT2D eigenvalue weighted by atomic mass is 31.2. The van der Waals surface area contributed by atoms with Gasteiger partial charge in [0.05, 0.1) is 39.9 Å². The summed E-state index contributed by atoms with van der Waals surface area (Å²) in [6.45, 7) is 4.75. The van der Waals surface area contributed by atoms with Crippen LogP contribution in [0.3, 0.4) is 0 Å². The Hall–Kier alpha value is -1.02. The number of hydrogen-bond acceptors (Lipinski definition) is 5. The Labute approximate surface area is 334 Å². The number of aliphatic hydroxyl groups excluding tert-OH is 1. The maximum atomic E-state index is 12.7. The summed E-state index contributed by atoms with van der Waals surface area (Å²) >= 11 is 0. The first kappa shape index (κ1) is 53.0. The van der Waals surface area contributed by atoms with Crippen LogP contribution in [0.25, 0.3) is 0 Å². The molecule has 9 heteroatoms. The molecule has 0 aromatic rings. The zero-order valence-electron chi connectivity index (χ0n) is 36.2. The average Bonchev–Trinajstić information content (AvgIpc) is 3.12. The number of nitrogens with one attached hydrogen (secondary N) is 1. The Morgan fingerprint density at radius 1 is 0.611 bits per heavy atom. The second-order valence-corrected chi connectivity index (χ2v) is 18.2. The summed E-state index contributed by atoms with van der Waals surface area (Å²) in [5.41, 5.74) is 0. The minimum atomic E-state index is -4.33. The number of carbonyl (C=O) groups excluding carboxylic acids is 1. The lowest BCUT2D eigenvalue weighted by molar-refractivity contribution is -0.870. The van der Waals surface area contributed by atoms with Crippen LogP contribution >= 0.6 is 7.82 Å². The smallest absolute Gasteiger partial charge is 0.387 e. The maximum absolute atomic E-state index is 12.7. The van der Waals surface area contributed by atoms with E-state index >= 15 is 0 Å². The first-order valence-electron chi connectivity index (χ1n) is 22.7. The first-order chi connectivity index (χ1) is 26.0. The molecule has 0 aliphatic carbocycles. The summed E-state index contributed by atoms with van der Waals surface area (Å²) in [6.07, 6.45) is 44.3. The zero-order chi connectivity index (χ0) is 40.0. The molecule has 0 spiro atoms. The third kappa shape index (κ3) is 39.2.